The van der Waals surface area contributed by atoms with Crippen LogP contribution in [-0.4, -0.2) is 15.5 Å². The fraction of sp³-hybridized carbons (Fsp3) is 0.143. The molecule has 0 N–H and O–H groups in total. The highest BCUT2D eigenvalue weighted by atomic mass is 32.2. The van der Waals surface area contributed by atoms with E-state index in [2.05, 4.69) is 0 Å². The van der Waals surface area contributed by atoms with Gasteiger partial charge in [-0.05, 0) is 36.8 Å². The normalized spacial score (nSPS) is 11.2. The van der Waals surface area contributed by atoms with E-state index in [0.29, 0.717) is 5.56 Å². The molecule has 0 fully saturated rings. The van der Waals surface area contributed by atoms with E-state index < -0.39 is 15.9 Å². The SMILES string of the molecule is COc1ccccc1OS(=O)(=O)c1cc(F)ccc1C. The molecule has 4 nitrogen and oxygen atoms in total. The van der Waals surface area contributed by atoms with Crippen LogP contribution in [0.25, 0.3) is 0 Å². The quantitative estimate of drug-likeness (QED) is 0.814. The standard InChI is InChI=1S/C14H13FO4S/c1-10-7-8-11(15)9-14(10)20(16,17)19-13-6-4-3-5-12(13)18-2/h3-9H,1-2H3. The summed E-state index contributed by atoms with van der Waals surface area (Å²) in [4.78, 5) is -0.205. The van der Waals surface area contributed by atoms with E-state index in [9.17, 15) is 12.8 Å². The lowest BCUT2D eigenvalue weighted by atomic mass is 10.2. The molecule has 0 unspecified atom stereocenters. The summed E-state index contributed by atoms with van der Waals surface area (Å²) in [5, 5.41) is 0. The number of benzene rings is 2. The minimum Gasteiger partial charge on any atom is -0.493 e. The summed E-state index contributed by atoms with van der Waals surface area (Å²) in [6, 6.07) is 9.84. The summed E-state index contributed by atoms with van der Waals surface area (Å²) in [5.74, 6) is -0.304. The largest absolute Gasteiger partial charge is 0.493 e. The maximum atomic E-state index is 13.2. The van der Waals surface area contributed by atoms with Gasteiger partial charge in [-0.15, -0.1) is 0 Å². The maximum absolute atomic E-state index is 13.2. The molecule has 0 bridgehead atoms. The van der Waals surface area contributed by atoms with Crippen molar-refractivity contribution in [3.8, 4) is 11.5 Å². The molecule has 20 heavy (non-hydrogen) atoms. The summed E-state index contributed by atoms with van der Waals surface area (Å²) in [7, 11) is -2.71. The molecule has 0 saturated carbocycles. The summed E-state index contributed by atoms with van der Waals surface area (Å²) < 4.78 is 47.7. The van der Waals surface area contributed by atoms with Crippen molar-refractivity contribution in [2.45, 2.75) is 11.8 Å². The highest BCUT2D eigenvalue weighted by Gasteiger charge is 2.21. The second kappa shape index (κ2) is 5.50. The van der Waals surface area contributed by atoms with E-state index >= 15 is 0 Å². The number of hydrogen-bond acceptors (Lipinski definition) is 4. The van der Waals surface area contributed by atoms with Crippen molar-refractivity contribution in [3.63, 3.8) is 0 Å². The van der Waals surface area contributed by atoms with Crippen molar-refractivity contribution in [3.05, 3.63) is 53.8 Å². The Morgan fingerprint density at radius 2 is 1.70 bits per heavy atom. The van der Waals surface area contributed by atoms with E-state index in [1.165, 1.54) is 25.3 Å². The van der Waals surface area contributed by atoms with Crippen molar-refractivity contribution in [1.29, 1.82) is 0 Å². The monoisotopic (exact) mass is 296 g/mol. The van der Waals surface area contributed by atoms with Gasteiger partial charge in [-0.3, -0.25) is 0 Å². The molecule has 0 spiro atoms. The molecule has 0 saturated heterocycles. The fourth-order valence-corrected chi connectivity index (χ4v) is 2.88. The number of halogens is 1. The minimum atomic E-state index is -4.12. The molecule has 0 radical (unpaired) electrons. The van der Waals surface area contributed by atoms with Gasteiger partial charge in [-0.2, -0.15) is 8.42 Å². The Kier molecular flexibility index (Phi) is 3.94. The Bertz CT molecular complexity index is 726. The second-order valence-corrected chi connectivity index (χ2v) is 5.61. The molecule has 106 valence electrons. The van der Waals surface area contributed by atoms with Gasteiger partial charge < -0.3 is 8.92 Å². The number of ether oxygens (including phenoxy) is 1. The zero-order valence-corrected chi connectivity index (χ0v) is 11.8. The molecule has 2 rings (SSSR count). The molecule has 0 aromatic heterocycles. The van der Waals surface area contributed by atoms with E-state index in [-0.39, 0.29) is 16.4 Å². The van der Waals surface area contributed by atoms with E-state index in [4.69, 9.17) is 8.92 Å². The van der Waals surface area contributed by atoms with Crippen LogP contribution in [0, 0.1) is 12.7 Å². The van der Waals surface area contributed by atoms with Crippen LogP contribution in [0.3, 0.4) is 0 Å². The van der Waals surface area contributed by atoms with Gasteiger partial charge in [0.15, 0.2) is 11.5 Å². The van der Waals surface area contributed by atoms with Gasteiger partial charge in [0.1, 0.15) is 10.7 Å². The van der Waals surface area contributed by atoms with Crippen molar-refractivity contribution in [2.24, 2.45) is 0 Å². The average Bonchev–Trinajstić information content (AvgIpc) is 2.41. The average molecular weight is 296 g/mol. The van der Waals surface area contributed by atoms with Gasteiger partial charge in [-0.25, -0.2) is 4.39 Å². The van der Waals surface area contributed by atoms with Crippen molar-refractivity contribution in [1.82, 2.24) is 0 Å². The third kappa shape index (κ3) is 2.91. The van der Waals surface area contributed by atoms with Crippen LogP contribution in [0.5, 0.6) is 11.5 Å². The number of methoxy groups -OCH3 is 1. The molecule has 0 amide bonds. The van der Waals surface area contributed by atoms with Gasteiger partial charge in [0, 0.05) is 0 Å². The van der Waals surface area contributed by atoms with Crippen LogP contribution in [0.15, 0.2) is 47.4 Å². The van der Waals surface area contributed by atoms with Crippen LogP contribution in [-0.2, 0) is 10.1 Å². The summed E-state index contributed by atoms with van der Waals surface area (Å²) in [6.45, 7) is 1.57. The van der Waals surface area contributed by atoms with E-state index in [1.807, 2.05) is 0 Å². The molecule has 0 heterocycles. The number of para-hydroxylation sites is 2. The smallest absolute Gasteiger partial charge is 0.339 e. The third-order valence-electron chi connectivity index (χ3n) is 2.69. The number of hydrogen-bond donors (Lipinski definition) is 0. The van der Waals surface area contributed by atoms with Crippen molar-refractivity contribution >= 4 is 10.1 Å². The van der Waals surface area contributed by atoms with Crippen LogP contribution in [0.4, 0.5) is 4.39 Å². The van der Waals surface area contributed by atoms with Gasteiger partial charge in [0.25, 0.3) is 0 Å². The number of rotatable bonds is 4. The lowest BCUT2D eigenvalue weighted by molar-refractivity contribution is 0.390. The lowest BCUT2D eigenvalue weighted by Crippen LogP contribution is -2.12. The first kappa shape index (κ1) is 14.3. The molecule has 0 atom stereocenters. The van der Waals surface area contributed by atoms with Crippen LogP contribution < -0.4 is 8.92 Å². The predicted octanol–water partition coefficient (Wildman–Crippen LogP) is 2.91. The molecule has 6 heteroatoms. The Labute approximate surface area is 116 Å². The topological polar surface area (TPSA) is 52.6 Å². The molecule has 2 aromatic carbocycles. The second-order valence-electron chi connectivity index (χ2n) is 4.10. The lowest BCUT2D eigenvalue weighted by Gasteiger charge is -2.11. The zero-order valence-electron chi connectivity index (χ0n) is 11.0. The highest BCUT2D eigenvalue weighted by Crippen LogP contribution is 2.29. The Hall–Kier alpha value is -2.08. The summed E-state index contributed by atoms with van der Waals surface area (Å²) >= 11 is 0. The fourth-order valence-electron chi connectivity index (χ4n) is 1.69. The van der Waals surface area contributed by atoms with Gasteiger partial charge in [-0.1, -0.05) is 18.2 Å². The first-order chi connectivity index (χ1) is 9.44. The molecule has 2 aromatic rings. The Morgan fingerprint density at radius 3 is 2.35 bits per heavy atom. The predicted molar refractivity (Wildman–Crippen MR) is 71.9 cm³/mol. The van der Waals surface area contributed by atoms with E-state index in [0.717, 1.165) is 6.07 Å². The minimum absolute atomic E-state index is 0.0543. The maximum Gasteiger partial charge on any atom is 0.339 e. The summed E-state index contributed by atoms with van der Waals surface area (Å²) in [5.41, 5.74) is 0.404. The van der Waals surface area contributed by atoms with E-state index in [1.54, 1.807) is 25.1 Å². The first-order valence-corrected chi connectivity index (χ1v) is 7.18. The van der Waals surface area contributed by atoms with Crippen LogP contribution in [0.1, 0.15) is 5.56 Å². The molecule has 0 aliphatic rings. The summed E-state index contributed by atoms with van der Waals surface area (Å²) in [6.07, 6.45) is 0. The third-order valence-corrected chi connectivity index (χ3v) is 4.07. The molecular formula is C14H13FO4S. The van der Waals surface area contributed by atoms with Crippen LogP contribution >= 0.6 is 0 Å². The Balaban J connectivity index is 2.43. The van der Waals surface area contributed by atoms with Crippen LogP contribution in [0.2, 0.25) is 0 Å². The van der Waals surface area contributed by atoms with Crippen molar-refractivity contribution in [2.75, 3.05) is 7.11 Å². The molecule has 0 aliphatic heterocycles. The molecular weight excluding hydrogens is 283 g/mol. The first-order valence-electron chi connectivity index (χ1n) is 5.77. The van der Waals surface area contributed by atoms with Gasteiger partial charge in [0.05, 0.1) is 7.11 Å². The Morgan fingerprint density at radius 1 is 1.05 bits per heavy atom. The highest BCUT2D eigenvalue weighted by molar-refractivity contribution is 7.87. The van der Waals surface area contributed by atoms with Gasteiger partial charge >= 0.3 is 10.1 Å². The van der Waals surface area contributed by atoms with Gasteiger partial charge in [0.2, 0.25) is 0 Å². The number of aryl methyl sites for hydroxylation is 1. The van der Waals surface area contributed by atoms with Crippen molar-refractivity contribution < 1.29 is 21.7 Å². The molecule has 0 aliphatic carbocycles. The zero-order chi connectivity index (χ0) is 14.8.